The van der Waals surface area contributed by atoms with Crippen LogP contribution in [0.4, 0.5) is 0 Å². The molecule has 0 amide bonds. The van der Waals surface area contributed by atoms with Crippen molar-refractivity contribution in [3.63, 3.8) is 0 Å². The molecule has 3 nitrogen and oxygen atoms in total. The standard InChI is InChI=1S/C12H18N2O/c1-3-9(4-1)11-8-14-12(15-11)10-5-2-6-13-7-10/h8-10,13H,1-7H2. The van der Waals surface area contributed by atoms with Gasteiger partial charge in [-0.15, -0.1) is 0 Å². The number of oxazole rings is 1. The van der Waals surface area contributed by atoms with Crippen LogP contribution in [-0.2, 0) is 0 Å². The first kappa shape index (κ1) is 9.40. The Bertz CT molecular complexity index is 324. The van der Waals surface area contributed by atoms with E-state index in [1.807, 2.05) is 6.20 Å². The summed E-state index contributed by atoms with van der Waals surface area (Å²) in [5, 5.41) is 3.40. The zero-order valence-corrected chi connectivity index (χ0v) is 9.04. The molecule has 0 aromatic carbocycles. The predicted octanol–water partition coefficient (Wildman–Crippen LogP) is 2.41. The lowest BCUT2D eigenvalue weighted by molar-refractivity contribution is 0.311. The first-order chi connectivity index (χ1) is 7.43. The zero-order chi connectivity index (χ0) is 10.1. The summed E-state index contributed by atoms with van der Waals surface area (Å²) >= 11 is 0. The number of hydrogen-bond acceptors (Lipinski definition) is 3. The Morgan fingerprint density at radius 3 is 2.73 bits per heavy atom. The lowest BCUT2D eigenvalue weighted by atomic mass is 9.84. The Hall–Kier alpha value is -0.830. The first-order valence-corrected chi connectivity index (χ1v) is 6.10. The van der Waals surface area contributed by atoms with Crippen LogP contribution in [0.5, 0.6) is 0 Å². The van der Waals surface area contributed by atoms with Gasteiger partial charge in [0.05, 0.1) is 6.20 Å². The van der Waals surface area contributed by atoms with Crippen molar-refractivity contribution in [2.24, 2.45) is 0 Å². The van der Waals surface area contributed by atoms with E-state index in [-0.39, 0.29) is 0 Å². The minimum absolute atomic E-state index is 0.507. The van der Waals surface area contributed by atoms with Gasteiger partial charge in [-0.05, 0) is 32.2 Å². The van der Waals surface area contributed by atoms with Gasteiger partial charge < -0.3 is 9.73 Å². The Balaban J connectivity index is 1.71. The van der Waals surface area contributed by atoms with Crippen LogP contribution in [0.25, 0.3) is 0 Å². The van der Waals surface area contributed by atoms with E-state index in [9.17, 15) is 0 Å². The third-order valence-corrected chi connectivity index (χ3v) is 3.70. The molecule has 1 atom stereocenters. The Kier molecular flexibility index (Phi) is 2.49. The van der Waals surface area contributed by atoms with Gasteiger partial charge in [-0.25, -0.2) is 4.98 Å². The molecule has 82 valence electrons. The smallest absolute Gasteiger partial charge is 0.198 e. The maximum absolute atomic E-state index is 5.88. The minimum Gasteiger partial charge on any atom is -0.445 e. The molecule has 3 rings (SSSR count). The van der Waals surface area contributed by atoms with Gasteiger partial charge in [0.25, 0.3) is 0 Å². The second-order valence-corrected chi connectivity index (χ2v) is 4.77. The quantitative estimate of drug-likeness (QED) is 0.807. The fourth-order valence-electron chi connectivity index (χ4n) is 2.43. The Morgan fingerprint density at radius 1 is 1.20 bits per heavy atom. The zero-order valence-electron chi connectivity index (χ0n) is 9.04. The van der Waals surface area contributed by atoms with Gasteiger partial charge in [-0.2, -0.15) is 0 Å². The van der Waals surface area contributed by atoms with Crippen LogP contribution in [0.2, 0.25) is 0 Å². The van der Waals surface area contributed by atoms with Gasteiger partial charge in [-0.3, -0.25) is 0 Å². The second kappa shape index (κ2) is 3.97. The van der Waals surface area contributed by atoms with E-state index in [4.69, 9.17) is 4.42 Å². The van der Waals surface area contributed by atoms with Crippen molar-refractivity contribution in [2.75, 3.05) is 13.1 Å². The van der Waals surface area contributed by atoms with Gasteiger partial charge in [0, 0.05) is 18.4 Å². The summed E-state index contributed by atoms with van der Waals surface area (Å²) in [6.07, 6.45) is 8.35. The van der Waals surface area contributed by atoms with Crippen LogP contribution in [0.1, 0.15) is 55.6 Å². The molecule has 1 aromatic heterocycles. The monoisotopic (exact) mass is 206 g/mol. The fourth-order valence-corrected chi connectivity index (χ4v) is 2.43. The van der Waals surface area contributed by atoms with E-state index >= 15 is 0 Å². The molecule has 1 N–H and O–H groups in total. The Labute approximate surface area is 90.3 Å². The minimum atomic E-state index is 0.507. The molecule has 1 aliphatic carbocycles. The average molecular weight is 206 g/mol. The SMILES string of the molecule is c1nc(C2CCCNC2)oc1C1CCC1. The maximum Gasteiger partial charge on any atom is 0.198 e. The Morgan fingerprint density at radius 2 is 2.07 bits per heavy atom. The lowest BCUT2D eigenvalue weighted by Gasteiger charge is -2.23. The van der Waals surface area contributed by atoms with Crippen LogP contribution in [-0.4, -0.2) is 18.1 Å². The summed E-state index contributed by atoms with van der Waals surface area (Å²) in [7, 11) is 0. The third kappa shape index (κ3) is 1.81. The maximum atomic E-state index is 5.88. The molecule has 1 unspecified atom stereocenters. The van der Waals surface area contributed by atoms with E-state index in [2.05, 4.69) is 10.3 Å². The number of hydrogen-bond donors (Lipinski definition) is 1. The molecule has 2 heterocycles. The topological polar surface area (TPSA) is 38.1 Å². The highest BCUT2D eigenvalue weighted by Gasteiger charge is 2.26. The highest BCUT2D eigenvalue weighted by atomic mass is 16.4. The molecule has 1 aliphatic heterocycles. The number of piperidine rings is 1. The van der Waals surface area contributed by atoms with Gasteiger partial charge in [0.1, 0.15) is 5.76 Å². The molecule has 2 aliphatic rings. The van der Waals surface area contributed by atoms with Gasteiger partial charge in [0.15, 0.2) is 5.89 Å². The van der Waals surface area contributed by atoms with E-state index in [0.717, 1.165) is 24.7 Å². The molecule has 1 saturated heterocycles. The number of aromatic nitrogens is 1. The van der Waals surface area contributed by atoms with Crippen molar-refractivity contribution in [3.8, 4) is 0 Å². The average Bonchev–Trinajstić information content (AvgIpc) is 2.66. The van der Waals surface area contributed by atoms with Crippen molar-refractivity contribution in [3.05, 3.63) is 17.8 Å². The molecular formula is C12H18N2O. The fraction of sp³-hybridized carbons (Fsp3) is 0.750. The van der Waals surface area contributed by atoms with Crippen molar-refractivity contribution < 1.29 is 4.42 Å². The van der Waals surface area contributed by atoms with E-state index in [0.29, 0.717) is 11.8 Å². The molecule has 0 radical (unpaired) electrons. The summed E-state index contributed by atoms with van der Waals surface area (Å²) in [6, 6.07) is 0. The lowest BCUT2D eigenvalue weighted by Crippen LogP contribution is -2.28. The predicted molar refractivity (Wildman–Crippen MR) is 57.9 cm³/mol. The van der Waals surface area contributed by atoms with Crippen molar-refractivity contribution in [1.82, 2.24) is 10.3 Å². The van der Waals surface area contributed by atoms with Gasteiger partial charge >= 0.3 is 0 Å². The summed E-state index contributed by atoms with van der Waals surface area (Å²) in [5.74, 6) is 3.27. The highest BCUT2D eigenvalue weighted by Crippen LogP contribution is 2.37. The summed E-state index contributed by atoms with van der Waals surface area (Å²) in [6.45, 7) is 2.18. The molecule has 3 heteroatoms. The normalized spacial score (nSPS) is 27.6. The molecule has 0 bridgehead atoms. The van der Waals surface area contributed by atoms with E-state index in [1.54, 1.807) is 0 Å². The third-order valence-electron chi connectivity index (χ3n) is 3.70. The molecule has 1 saturated carbocycles. The van der Waals surface area contributed by atoms with Crippen LogP contribution < -0.4 is 5.32 Å². The van der Waals surface area contributed by atoms with Gasteiger partial charge in [0.2, 0.25) is 0 Å². The summed E-state index contributed by atoms with van der Waals surface area (Å²) in [4.78, 5) is 4.44. The summed E-state index contributed by atoms with van der Waals surface area (Å²) < 4.78 is 5.88. The van der Waals surface area contributed by atoms with E-state index in [1.165, 1.54) is 32.1 Å². The van der Waals surface area contributed by atoms with Crippen molar-refractivity contribution in [2.45, 2.75) is 43.9 Å². The molecule has 2 fully saturated rings. The first-order valence-electron chi connectivity index (χ1n) is 6.10. The number of nitrogens with zero attached hydrogens (tertiary/aromatic N) is 1. The van der Waals surface area contributed by atoms with Crippen LogP contribution in [0, 0.1) is 0 Å². The molecule has 0 spiro atoms. The van der Waals surface area contributed by atoms with Gasteiger partial charge in [-0.1, -0.05) is 6.42 Å². The van der Waals surface area contributed by atoms with E-state index < -0.39 is 0 Å². The van der Waals surface area contributed by atoms with Crippen LogP contribution in [0.3, 0.4) is 0 Å². The van der Waals surface area contributed by atoms with Crippen molar-refractivity contribution >= 4 is 0 Å². The second-order valence-electron chi connectivity index (χ2n) is 4.77. The van der Waals surface area contributed by atoms with Crippen LogP contribution >= 0.6 is 0 Å². The number of nitrogens with one attached hydrogen (secondary N) is 1. The molecule has 15 heavy (non-hydrogen) atoms. The molecular weight excluding hydrogens is 188 g/mol. The largest absolute Gasteiger partial charge is 0.445 e. The summed E-state index contributed by atoms with van der Waals surface area (Å²) in [5.41, 5.74) is 0. The molecule has 1 aromatic rings. The van der Waals surface area contributed by atoms with Crippen LogP contribution in [0.15, 0.2) is 10.6 Å². The highest BCUT2D eigenvalue weighted by molar-refractivity contribution is 5.07. The number of rotatable bonds is 2. The van der Waals surface area contributed by atoms with Crippen molar-refractivity contribution in [1.29, 1.82) is 0 Å².